The van der Waals surface area contributed by atoms with Crippen molar-refractivity contribution in [3.05, 3.63) is 17.0 Å². The van der Waals surface area contributed by atoms with Gasteiger partial charge in [-0.25, -0.2) is 0 Å². The third-order valence-corrected chi connectivity index (χ3v) is 3.56. The zero-order valence-electron chi connectivity index (χ0n) is 9.79. The Bertz CT molecular complexity index is 335. The summed E-state index contributed by atoms with van der Waals surface area (Å²) in [6, 6.07) is 0. The van der Waals surface area contributed by atoms with E-state index in [9.17, 15) is 0 Å². The molecule has 3 heteroatoms. The molecule has 3 nitrogen and oxygen atoms in total. The molecule has 15 heavy (non-hydrogen) atoms. The molecule has 2 rings (SSSR count). The van der Waals surface area contributed by atoms with Crippen LogP contribution in [0.2, 0.25) is 0 Å². The first kappa shape index (κ1) is 10.7. The average Bonchev–Trinajstić information content (AvgIpc) is 2.77. The van der Waals surface area contributed by atoms with Crippen LogP contribution in [-0.4, -0.2) is 16.3 Å². The van der Waals surface area contributed by atoms with Crippen molar-refractivity contribution in [2.24, 2.45) is 12.8 Å². The smallest absolute Gasteiger partial charge is 0.0669 e. The Morgan fingerprint density at radius 2 is 2.07 bits per heavy atom. The number of aromatic nitrogens is 2. The Labute approximate surface area is 91.7 Å². The Morgan fingerprint density at radius 1 is 1.40 bits per heavy atom. The van der Waals surface area contributed by atoms with Gasteiger partial charge in [0.25, 0.3) is 0 Å². The van der Waals surface area contributed by atoms with E-state index in [2.05, 4.69) is 23.8 Å². The van der Waals surface area contributed by atoms with Crippen LogP contribution >= 0.6 is 0 Å². The third-order valence-electron chi connectivity index (χ3n) is 3.56. The molecule has 1 aliphatic carbocycles. The van der Waals surface area contributed by atoms with Crippen LogP contribution < -0.4 is 5.73 Å². The van der Waals surface area contributed by atoms with Crippen LogP contribution in [0.4, 0.5) is 0 Å². The maximum atomic E-state index is 5.59. The predicted molar refractivity (Wildman–Crippen MR) is 61.9 cm³/mol. The molecule has 1 aromatic rings. The number of hydrogen-bond acceptors (Lipinski definition) is 2. The summed E-state index contributed by atoms with van der Waals surface area (Å²) in [6.07, 6.45) is 6.33. The summed E-state index contributed by atoms with van der Waals surface area (Å²) >= 11 is 0. The maximum Gasteiger partial charge on any atom is 0.0669 e. The standard InChI is InChI=1S/C12H21N3/c1-9-11(7-8-13)14-15(2)12(9)10-5-3-4-6-10/h10H,3-8,13H2,1-2H3. The molecule has 1 saturated carbocycles. The van der Waals surface area contributed by atoms with Crippen LogP contribution in [0.15, 0.2) is 0 Å². The Hall–Kier alpha value is -0.830. The van der Waals surface area contributed by atoms with Crippen molar-refractivity contribution in [1.82, 2.24) is 9.78 Å². The first-order valence-electron chi connectivity index (χ1n) is 5.96. The van der Waals surface area contributed by atoms with Gasteiger partial charge in [0.05, 0.1) is 5.69 Å². The monoisotopic (exact) mass is 207 g/mol. The van der Waals surface area contributed by atoms with E-state index in [-0.39, 0.29) is 0 Å². The van der Waals surface area contributed by atoms with Gasteiger partial charge in [-0.1, -0.05) is 12.8 Å². The molecular formula is C12H21N3. The van der Waals surface area contributed by atoms with E-state index >= 15 is 0 Å². The fourth-order valence-electron chi connectivity index (χ4n) is 2.84. The molecule has 0 aromatic carbocycles. The lowest BCUT2D eigenvalue weighted by molar-refractivity contribution is 0.611. The summed E-state index contributed by atoms with van der Waals surface area (Å²) in [4.78, 5) is 0. The van der Waals surface area contributed by atoms with Gasteiger partial charge in [0.2, 0.25) is 0 Å². The van der Waals surface area contributed by atoms with E-state index in [0.29, 0.717) is 6.54 Å². The summed E-state index contributed by atoms with van der Waals surface area (Å²) in [6.45, 7) is 2.90. The van der Waals surface area contributed by atoms with Crippen molar-refractivity contribution in [2.45, 2.75) is 44.9 Å². The van der Waals surface area contributed by atoms with E-state index < -0.39 is 0 Å². The lowest BCUT2D eigenvalue weighted by atomic mass is 9.99. The minimum Gasteiger partial charge on any atom is -0.330 e. The summed E-state index contributed by atoms with van der Waals surface area (Å²) in [5.41, 5.74) is 9.63. The van der Waals surface area contributed by atoms with Crippen molar-refractivity contribution in [1.29, 1.82) is 0 Å². The van der Waals surface area contributed by atoms with Crippen molar-refractivity contribution in [2.75, 3.05) is 6.54 Å². The highest BCUT2D eigenvalue weighted by molar-refractivity contribution is 5.28. The topological polar surface area (TPSA) is 43.8 Å². The predicted octanol–water partition coefficient (Wildman–Crippen LogP) is 1.89. The van der Waals surface area contributed by atoms with E-state index in [1.165, 1.54) is 42.6 Å². The van der Waals surface area contributed by atoms with Gasteiger partial charge < -0.3 is 5.73 Å². The van der Waals surface area contributed by atoms with Gasteiger partial charge in [-0.15, -0.1) is 0 Å². The molecule has 0 bridgehead atoms. The van der Waals surface area contributed by atoms with E-state index in [0.717, 1.165) is 12.3 Å². The molecule has 0 aliphatic heterocycles. The molecule has 0 saturated heterocycles. The fraction of sp³-hybridized carbons (Fsp3) is 0.750. The Morgan fingerprint density at radius 3 is 2.67 bits per heavy atom. The third kappa shape index (κ3) is 1.93. The van der Waals surface area contributed by atoms with Crippen molar-refractivity contribution >= 4 is 0 Å². The van der Waals surface area contributed by atoms with Gasteiger partial charge in [0, 0.05) is 25.1 Å². The zero-order valence-corrected chi connectivity index (χ0v) is 9.79. The number of nitrogens with zero attached hydrogens (tertiary/aromatic N) is 2. The molecule has 0 spiro atoms. The SMILES string of the molecule is Cc1c(CCN)nn(C)c1C1CCCC1. The van der Waals surface area contributed by atoms with Crippen LogP contribution in [0, 0.1) is 6.92 Å². The van der Waals surface area contributed by atoms with E-state index in [1.54, 1.807) is 0 Å². The molecule has 84 valence electrons. The van der Waals surface area contributed by atoms with Crippen LogP contribution in [0.5, 0.6) is 0 Å². The van der Waals surface area contributed by atoms with E-state index in [1.807, 2.05) is 0 Å². The van der Waals surface area contributed by atoms with Gasteiger partial charge in [-0.05, 0) is 31.9 Å². The molecule has 2 N–H and O–H groups in total. The maximum absolute atomic E-state index is 5.59. The molecule has 0 amide bonds. The van der Waals surface area contributed by atoms with Crippen molar-refractivity contribution in [3.63, 3.8) is 0 Å². The molecule has 0 radical (unpaired) electrons. The first-order chi connectivity index (χ1) is 7.24. The summed E-state index contributed by atoms with van der Waals surface area (Å²) in [5.74, 6) is 0.744. The van der Waals surface area contributed by atoms with Crippen molar-refractivity contribution < 1.29 is 0 Å². The minimum absolute atomic E-state index is 0.696. The Balaban J connectivity index is 2.29. The lowest BCUT2D eigenvalue weighted by Gasteiger charge is -2.10. The number of nitrogens with two attached hydrogens (primary N) is 1. The highest BCUT2D eigenvalue weighted by atomic mass is 15.3. The van der Waals surface area contributed by atoms with Crippen LogP contribution in [-0.2, 0) is 13.5 Å². The Kier molecular flexibility index (Phi) is 3.10. The lowest BCUT2D eigenvalue weighted by Crippen LogP contribution is -2.04. The molecule has 1 aliphatic rings. The van der Waals surface area contributed by atoms with Crippen LogP contribution in [0.1, 0.15) is 48.6 Å². The van der Waals surface area contributed by atoms with Crippen molar-refractivity contribution in [3.8, 4) is 0 Å². The quantitative estimate of drug-likeness (QED) is 0.822. The zero-order chi connectivity index (χ0) is 10.8. The minimum atomic E-state index is 0.696. The molecule has 0 atom stereocenters. The largest absolute Gasteiger partial charge is 0.330 e. The highest BCUT2D eigenvalue weighted by Gasteiger charge is 2.23. The molecular weight excluding hydrogens is 186 g/mol. The number of rotatable bonds is 3. The summed E-state index contributed by atoms with van der Waals surface area (Å²) in [5, 5.41) is 4.58. The van der Waals surface area contributed by atoms with Gasteiger partial charge in [-0.3, -0.25) is 4.68 Å². The second kappa shape index (κ2) is 4.35. The van der Waals surface area contributed by atoms with Gasteiger partial charge in [0.1, 0.15) is 0 Å². The second-order valence-corrected chi connectivity index (χ2v) is 4.60. The van der Waals surface area contributed by atoms with Gasteiger partial charge in [-0.2, -0.15) is 5.10 Å². The highest BCUT2D eigenvalue weighted by Crippen LogP contribution is 2.36. The van der Waals surface area contributed by atoms with Gasteiger partial charge in [0.15, 0.2) is 0 Å². The molecule has 1 fully saturated rings. The second-order valence-electron chi connectivity index (χ2n) is 4.60. The number of hydrogen-bond donors (Lipinski definition) is 1. The average molecular weight is 207 g/mol. The van der Waals surface area contributed by atoms with Crippen LogP contribution in [0.25, 0.3) is 0 Å². The number of aryl methyl sites for hydroxylation is 1. The fourth-order valence-corrected chi connectivity index (χ4v) is 2.84. The summed E-state index contributed by atoms with van der Waals surface area (Å²) < 4.78 is 2.08. The summed E-state index contributed by atoms with van der Waals surface area (Å²) in [7, 11) is 2.07. The van der Waals surface area contributed by atoms with Crippen LogP contribution in [0.3, 0.4) is 0 Å². The normalized spacial score (nSPS) is 17.5. The molecule has 1 aromatic heterocycles. The molecule has 1 heterocycles. The molecule has 0 unspecified atom stereocenters. The van der Waals surface area contributed by atoms with E-state index in [4.69, 9.17) is 5.73 Å². The van der Waals surface area contributed by atoms with Gasteiger partial charge >= 0.3 is 0 Å². The first-order valence-corrected chi connectivity index (χ1v) is 5.96.